The summed E-state index contributed by atoms with van der Waals surface area (Å²) in [5.74, 6) is 2.00. The van der Waals surface area contributed by atoms with Crippen LogP contribution in [-0.4, -0.2) is 40.2 Å². The van der Waals surface area contributed by atoms with E-state index in [1.807, 2.05) is 0 Å². The standard InChI is InChI=1S/C14H21NO2S/c16-12-6-1-4-10(12)11-5-2-8-15(11)14(17)13-7-3-9-18-13/h10-11,13H,1-9H2. The van der Waals surface area contributed by atoms with E-state index in [9.17, 15) is 9.59 Å². The van der Waals surface area contributed by atoms with Gasteiger partial charge in [-0.1, -0.05) is 0 Å². The topological polar surface area (TPSA) is 37.4 Å². The van der Waals surface area contributed by atoms with Crippen molar-refractivity contribution in [2.24, 2.45) is 5.92 Å². The molecule has 0 aromatic rings. The summed E-state index contributed by atoms with van der Waals surface area (Å²) < 4.78 is 0. The minimum atomic E-state index is 0.155. The fraction of sp³-hybridized carbons (Fsp3) is 0.857. The van der Waals surface area contributed by atoms with Crippen LogP contribution in [-0.2, 0) is 9.59 Å². The molecule has 2 saturated heterocycles. The van der Waals surface area contributed by atoms with Gasteiger partial charge in [0.25, 0.3) is 0 Å². The number of carbonyl (C=O) groups excluding carboxylic acids is 2. The summed E-state index contributed by atoms with van der Waals surface area (Å²) in [6, 6.07) is 0.230. The molecule has 1 aliphatic carbocycles. The molecule has 3 nitrogen and oxygen atoms in total. The fourth-order valence-corrected chi connectivity index (χ4v) is 4.92. The Labute approximate surface area is 113 Å². The molecule has 100 valence electrons. The summed E-state index contributed by atoms with van der Waals surface area (Å²) in [7, 11) is 0. The van der Waals surface area contributed by atoms with Gasteiger partial charge in [0.15, 0.2) is 0 Å². The van der Waals surface area contributed by atoms with Gasteiger partial charge >= 0.3 is 0 Å². The number of carbonyl (C=O) groups is 2. The molecule has 4 heteroatoms. The molecule has 3 fully saturated rings. The lowest BCUT2D eigenvalue weighted by Gasteiger charge is -2.30. The van der Waals surface area contributed by atoms with Crippen molar-refractivity contribution in [3.63, 3.8) is 0 Å². The van der Waals surface area contributed by atoms with Crippen LogP contribution in [0.15, 0.2) is 0 Å². The van der Waals surface area contributed by atoms with Crippen molar-refractivity contribution < 1.29 is 9.59 Å². The molecule has 0 bridgehead atoms. The Morgan fingerprint density at radius 3 is 2.72 bits per heavy atom. The first-order valence-electron chi connectivity index (χ1n) is 7.22. The monoisotopic (exact) mass is 267 g/mol. The molecule has 3 aliphatic rings. The van der Waals surface area contributed by atoms with E-state index in [2.05, 4.69) is 4.90 Å². The smallest absolute Gasteiger partial charge is 0.235 e. The fourth-order valence-electron chi connectivity index (χ4n) is 3.69. The molecule has 0 N–H and O–H groups in total. The second-order valence-electron chi connectivity index (χ2n) is 5.71. The quantitative estimate of drug-likeness (QED) is 0.770. The van der Waals surface area contributed by atoms with Crippen LogP contribution in [0.5, 0.6) is 0 Å². The molecule has 0 radical (unpaired) electrons. The highest BCUT2D eigenvalue weighted by atomic mass is 32.2. The van der Waals surface area contributed by atoms with Gasteiger partial charge in [0.2, 0.25) is 5.91 Å². The average molecular weight is 267 g/mol. The molecule has 2 aliphatic heterocycles. The molecule has 18 heavy (non-hydrogen) atoms. The SMILES string of the molecule is O=C1CCCC1C1CCCN1C(=O)C1CCCS1. The highest BCUT2D eigenvalue weighted by Crippen LogP contribution is 2.36. The van der Waals surface area contributed by atoms with Gasteiger partial charge in [-0.05, 0) is 44.3 Å². The van der Waals surface area contributed by atoms with Crippen LogP contribution in [0.3, 0.4) is 0 Å². The predicted octanol–water partition coefficient (Wildman–Crippen LogP) is 2.24. The summed E-state index contributed by atoms with van der Waals surface area (Å²) >= 11 is 1.81. The van der Waals surface area contributed by atoms with E-state index < -0.39 is 0 Å². The third-order valence-corrected chi connectivity index (χ3v) is 5.97. The number of rotatable bonds is 2. The lowest BCUT2D eigenvalue weighted by molar-refractivity contribution is -0.133. The Bertz CT molecular complexity index is 352. The van der Waals surface area contributed by atoms with Gasteiger partial charge in [-0.3, -0.25) is 9.59 Å². The second-order valence-corrected chi connectivity index (χ2v) is 7.02. The van der Waals surface area contributed by atoms with Crippen LogP contribution in [0.25, 0.3) is 0 Å². The largest absolute Gasteiger partial charge is 0.338 e. The van der Waals surface area contributed by atoms with Gasteiger partial charge in [-0.2, -0.15) is 0 Å². The molecule has 2 heterocycles. The first kappa shape index (κ1) is 12.5. The normalized spacial score (nSPS) is 36.6. The van der Waals surface area contributed by atoms with Crippen molar-refractivity contribution in [3.8, 4) is 0 Å². The number of ketones is 1. The highest BCUT2D eigenvalue weighted by Gasteiger charge is 2.42. The third-order valence-electron chi connectivity index (χ3n) is 4.60. The van der Waals surface area contributed by atoms with E-state index in [4.69, 9.17) is 0 Å². The van der Waals surface area contributed by atoms with Crippen LogP contribution >= 0.6 is 11.8 Å². The molecule has 3 atom stereocenters. The van der Waals surface area contributed by atoms with Crippen molar-refractivity contribution in [2.75, 3.05) is 12.3 Å². The van der Waals surface area contributed by atoms with E-state index in [0.717, 1.165) is 50.8 Å². The lowest BCUT2D eigenvalue weighted by Crippen LogP contribution is -2.44. The average Bonchev–Trinajstić information content (AvgIpc) is 3.09. The van der Waals surface area contributed by atoms with Crippen molar-refractivity contribution in [1.82, 2.24) is 4.90 Å². The van der Waals surface area contributed by atoms with Crippen LogP contribution in [0.2, 0.25) is 0 Å². The minimum Gasteiger partial charge on any atom is -0.338 e. The number of likely N-dealkylation sites (tertiary alicyclic amines) is 1. The lowest BCUT2D eigenvalue weighted by atomic mass is 9.95. The number of hydrogen-bond donors (Lipinski definition) is 0. The summed E-state index contributed by atoms with van der Waals surface area (Å²) in [6.07, 6.45) is 7.09. The molecule has 1 saturated carbocycles. The third kappa shape index (κ3) is 2.20. The summed E-state index contributed by atoms with van der Waals surface area (Å²) in [6.45, 7) is 0.879. The Kier molecular flexibility index (Phi) is 3.64. The Morgan fingerprint density at radius 1 is 1.17 bits per heavy atom. The first-order chi connectivity index (χ1) is 8.77. The van der Waals surface area contributed by atoms with E-state index in [1.54, 1.807) is 11.8 Å². The minimum absolute atomic E-state index is 0.155. The molecule has 1 amide bonds. The molecule has 0 spiro atoms. The van der Waals surface area contributed by atoms with Crippen molar-refractivity contribution in [1.29, 1.82) is 0 Å². The predicted molar refractivity (Wildman–Crippen MR) is 72.6 cm³/mol. The first-order valence-corrected chi connectivity index (χ1v) is 8.27. The molecular weight excluding hydrogens is 246 g/mol. The van der Waals surface area contributed by atoms with Gasteiger partial charge in [-0.15, -0.1) is 11.8 Å². The maximum atomic E-state index is 12.5. The van der Waals surface area contributed by atoms with Crippen LogP contribution in [0, 0.1) is 5.92 Å². The van der Waals surface area contributed by atoms with Gasteiger partial charge in [0.1, 0.15) is 5.78 Å². The van der Waals surface area contributed by atoms with E-state index in [1.165, 1.54) is 6.42 Å². The Morgan fingerprint density at radius 2 is 2.06 bits per heavy atom. The number of thioether (sulfide) groups is 1. The molecule has 0 aromatic heterocycles. The zero-order valence-electron chi connectivity index (χ0n) is 10.8. The Hall–Kier alpha value is -0.510. The zero-order chi connectivity index (χ0) is 12.5. The maximum absolute atomic E-state index is 12.5. The molecule has 0 aromatic carbocycles. The number of amides is 1. The zero-order valence-corrected chi connectivity index (χ0v) is 11.6. The summed E-state index contributed by atoms with van der Waals surface area (Å²) in [5.41, 5.74) is 0. The highest BCUT2D eigenvalue weighted by molar-refractivity contribution is 8.00. The van der Waals surface area contributed by atoms with Gasteiger partial charge in [0.05, 0.1) is 5.25 Å². The number of Topliss-reactive ketones (excluding diaryl/α,β-unsaturated/α-hetero) is 1. The number of hydrogen-bond acceptors (Lipinski definition) is 3. The molecule has 3 unspecified atom stereocenters. The van der Waals surface area contributed by atoms with E-state index in [-0.39, 0.29) is 17.2 Å². The van der Waals surface area contributed by atoms with Crippen molar-refractivity contribution in [2.45, 2.75) is 56.2 Å². The second kappa shape index (κ2) is 5.24. The summed E-state index contributed by atoms with van der Waals surface area (Å²) in [5, 5.41) is 0.183. The van der Waals surface area contributed by atoms with Gasteiger partial charge < -0.3 is 4.90 Å². The van der Waals surface area contributed by atoms with Crippen molar-refractivity contribution in [3.05, 3.63) is 0 Å². The van der Waals surface area contributed by atoms with Crippen LogP contribution in [0.1, 0.15) is 44.9 Å². The molecule has 3 rings (SSSR count). The van der Waals surface area contributed by atoms with Crippen LogP contribution in [0.4, 0.5) is 0 Å². The van der Waals surface area contributed by atoms with Gasteiger partial charge in [0, 0.05) is 24.9 Å². The van der Waals surface area contributed by atoms with Gasteiger partial charge in [-0.25, -0.2) is 0 Å². The van der Waals surface area contributed by atoms with E-state index >= 15 is 0 Å². The van der Waals surface area contributed by atoms with E-state index in [0.29, 0.717) is 11.7 Å². The number of nitrogens with zero attached hydrogens (tertiary/aromatic N) is 1. The van der Waals surface area contributed by atoms with Crippen LogP contribution < -0.4 is 0 Å². The van der Waals surface area contributed by atoms with Crippen molar-refractivity contribution >= 4 is 23.5 Å². The summed E-state index contributed by atoms with van der Waals surface area (Å²) in [4.78, 5) is 26.5. The molecular formula is C14H21NO2S. The Balaban J connectivity index is 1.70. The maximum Gasteiger partial charge on any atom is 0.235 e.